The van der Waals surface area contributed by atoms with Crippen LogP contribution in [0.15, 0.2) is 12.2 Å². The van der Waals surface area contributed by atoms with Crippen molar-refractivity contribution >= 4 is 0 Å². The van der Waals surface area contributed by atoms with E-state index >= 15 is 0 Å². The molecule has 10 heavy (non-hydrogen) atoms. The number of rotatable bonds is 0. The topological polar surface area (TPSA) is 47.9 Å². The van der Waals surface area contributed by atoms with E-state index in [1.165, 1.54) is 0 Å². The van der Waals surface area contributed by atoms with Crippen LogP contribution in [0.1, 0.15) is 19.3 Å². The van der Waals surface area contributed by atoms with Crippen LogP contribution in [-0.2, 0) is 0 Å². The summed E-state index contributed by atoms with van der Waals surface area (Å²) in [6.07, 6.45) is 7.48. The summed E-state index contributed by atoms with van der Waals surface area (Å²) in [5.74, 6) is 0. The normalized spacial score (nSPS) is 42.2. The second-order valence-corrected chi connectivity index (χ2v) is 3.64. The minimum absolute atomic E-state index is 0.145. The molecule has 2 aliphatic rings. The first-order valence-electron chi connectivity index (χ1n) is 3.93. The molecule has 0 aromatic rings. The maximum atomic E-state index is 9.35. The van der Waals surface area contributed by atoms with Gasteiger partial charge in [0.05, 0.1) is 0 Å². The van der Waals surface area contributed by atoms with Crippen molar-refractivity contribution in [3.8, 4) is 0 Å². The third kappa shape index (κ3) is 0.879. The molecule has 0 aromatic heterocycles. The summed E-state index contributed by atoms with van der Waals surface area (Å²) in [5, 5.41) is 9.35. The minimum Gasteiger partial charge on any atom is -0.387 e. The Labute approximate surface area is 60.7 Å². The molecular formula is C8H14NO+. The fourth-order valence-corrected chi connectivity index (χ4v) is 1.80. The van der Waals surface area contributed by atoms with Crippen molar-refractivity contribution in [1.82, 2.24) is 0 Å². The first kappa shape index (κ1) is 6.38. The van der Waals surface area contributed by atoms with Crippen molar-refractivity contribution in [2.75, 3.05) is 0 Å². The maximum absolute atomic E-state index is 9.35. The highest BCUT2D eigenvalue weighted by Gasteiger charge is 2.43. The van der Waals surface area contributed by atoms with Gasteiger partial charge in [0.15, 0.2) is 0 Å². The van der Waals surface area contributed by atoms with Crippen molar-refractivity contribution in [1.29, 1.82) is 0 Å². The number of quaternary nitrogens is 1. The van der Waals surface area contributed by atoms with Crippen molar-refractivity contribution in [2.45, 2.75) is 31.4 Å². The summed E-state index contributed by atoms with van der Waals surface area (Å²) < 4.78 is 0. The first-order valence-corrected chi connectivity index (χ1v) is 3.93. The van der Waals surface area contributed by atoms with Crippen LogP contribution in [0.3, 0.4) is 0 Å². The molecule has 2 unspecified atom stereocenters. The van der Waals surface area contributed by atoms with Crippen LogP contribution in [-0.4, -0.2) is 17.3 Å². The molecular weight excluding hydrogens is 126 g/mol. The molecule has 56 valence electrons. The van der Waals surface area contributed by atoms with Crippen LogP contribution < -0.4 is 5.73 Å². The summed E-state index contributed by atoms with van der Waals surface area (Å²) in [7, 11) is 0. The summed E-state index contributed by atoms with van der Waals surface area (Å²) in [4.78, 5) is 0. The van der Waals surface area contributed by atoms with Gasteiger partial charge in [0, 0.05) is 11.8 Å². The molecule has 0 amide bonds. The lowest BCUT2D eigenvalue weighted by atomic mass is 9.80. The van der Waals surface area contributed by atoms with Crippen LogP contribution in [0.5, 0.6) is 0 Å². The molecule has 2 rings (SSSR count). The highest BCUT2D eigenvalue weighted by atomic mass is 16.3. The van der Waals surface area contributed by atoms with Crippen molar-refractivity contribution in [2.24, 2.45) is 5.41 Å². The molecule has 2 atom stereocenters. The third-order valence-corrected chi connectivity index (χ3v) is 2.73. The molecule has 2 aliphatic carbocycles. The molecule has 0 aromatic carbocycles. The van der Waals surface area contributed by atoms with Gasteiger partial charge < -0.3 is 10.8 Å². The van der Waals surface area contributed by atoms with E-state index in [2.05, 4.69) is 17.9 Å². The number of aliphatic hydroxyl groups is 1. The van der Waals surface area contributed by atoms with Gasteiger partial charge in [-0.15, -0.1) is 0 Å². The van der Waals surface area contributed by atoms with Crippen molar-refractivity contribution in [3.63, 3.8) is 0 Å². The Morgan fingerprint density at radius 1 is 1.50 bits per heavy atom. The molecule has 0 bridgehead atoms. The van der Waals surface area contributed by atoms with Gasteiger partial charge in [-0.05, 0) is 12.8 Å². The smallest absolute Gasteiger partial charge is 0.112 e. The molecule has 1 saturated carbocycles. The quantitative estimate of drug-likeness (QED) is 0.446. The Balaban J connectivity index is 1.98. The number of aliphatic hydroxyl groups excluding tert-OH is 1. The third-order valence-electron chi connectivity index (χ3n) is 2.73. The molecule has 0 radical (unpaired) electrons. The molecule has 0 aliphatic heterocycles. The Kier molecular flexibility index (Phi) is 1.17. The molecule has 0 heterocycles. The van der Waals surface area contributed by atoms with E-state index in [1.54, 1.807) is 0 Å². The maximum Gasteiger partial charge on any atom is 0.112 e. The lowest BCUT2D eigenvalue weighted by Gasteiger charge is -2.28. The van der Waals surface area contributed by atoms with Crippen LogP contribution in [0.25, 0.3) is 0 Å². The fourth-order valence-electron chi connectivity index (χ4n) is 1.80. The predicted octanol–water partition coefficient (Wildman–Crippen LogP) is -0.302. The monoisotopic (exact) mass is 140 g/mol. The Morgan fingerprint density at radius 3 is 2.70 bits per heavy atom. The zero-order valence-corrected chi connectivity index (χ0v) is 6.09. The molecule has 1 spiro atoms. The lowest BCUT2D eigenvalue weighted by Crippen LogP contribution is -2.68. The van der Waals surface area contributed by atoms with Crippen LogP contribution >= 0.6 is 0 Å². The largest absolute Gasteiger partial charge is 0.387 e. The Bertz CT molecular complexity index is 170. The van der Waals surface area contributed by atoms with Crippen molar-refractivity contribution in [3.05, 3.63) is 12.2 Å². The minimum atomic E-state index is -0.145. The number of allylic oxidation sites excluding steroid dienone is 2. The van der Waals surface area contributed by atoms with Gasteiger partial charge >= 0.3 is 0 Å². The Hall–Kier alpha value is -0.340. The van der Waals surface area contributed by atoms with E-state index in [0.717, 1.165) is 19.3 Å². The van der Waals surface area contributed by atoms with E-state index in [1.807, 2.05) is 0 Å². The summed E-state index contributed by atoms with van der Waals surface area (Å²) in [6.45, 7) is 0. The SMILES string of the molecule is [NH3+]C1CC2(C=C2)CCC1O. The summed E-state index contributed by atoms with van der Waals surface area (Å²) in [6, 6.07) is 0.253. The Morgan fingerprint density at radius 2 is 2.20 bits per heavy atom. The van der Waals surface area contributed by atoms with Crippen LogP contribution in [0.2, 0.25) is 0 Å². The van der Waals surface area contributed by atoms with E-state index in [9.17, 15) is 5.11 Å². The zero-order chi connectivity index (χ0) is 7.19. The highest BCUT2D eigenvalue weighted by molar-refractivity contribution is 5.27. The average Bonchev–Trinajstić information content (AvgIpc) is 2.62. The second kappa shape index (κ2) is 1.83. The highest BCUT2D eigenvalue weighted by Crippen LogP contribution is 2.47. The predicted molar refractivity (Wildman–Crippen MR) is 38.1 cm³/mol. The van der Waals surface area contributed by atoms with E-state index in [-0.39, 0.29) is 12.1 Å². The van der Waals surface area contributed by atoms with Gasteiger partial charge in [-0.3, -0.25) is 0 Å². The second-order valence-electron chi connectivity index (χ2n) is 3.64. The zero-order valence-electron chi connectivity index (χ0n) is 6.09. The molecule has 0 saturated heterocycles. The molecule has 1 fully saturated rings. The molecule has 2 heteroatoms. The van der Waals surface area contributed by atoms with E-state index in [0.29, 0.717) is 5.41 Å². The summed E-state index contributed by atoms with van der Waals surface area (Å²) in [5.41, 5.74) is 4.33. The van der Waals surface area contributed by atoms with Gasteiger partial charge in [-0.1, -0.05) is 12.2 Å². The standard InChI is InChI=1S/C8H13NO/c9-6-5-8(3-4-8)2-1-7(6)10/h3-4,6-7,10H,1-2,5,9H2/p+1. The van der Waals surface area contributed by atoms with Gasteiger partial charge in [-0.2, -0.15) is 0 Å². The van der Waals surface area contributed by atoms with Gasteiger partial charge in [0.25, 0.3) is 0 Å². The average molecular weight is 140 g/mol. The number of hydrogen-bond acceptors (Lipinski definition) is 1. The first-order chi connectivity index (χ1) is 4.72. The van der Waals surface area contributed by atoms with E-state index < -0.39 is 0 Å². The molecule has 2 nitrogen and oxygen atoms in total. The lowest BCUT2D eigenvalue weighted by molar-refractivity contribution is -0.445. The fraction of sp³-hybridized carbons (Fsp3) is 0.750. The van der Waals surface area contributed by atoms with Gasteiger partial charge in [0.2, 0.25) is 0 Å². The van der Waals surface area contributed by atoms with Crippen molar-refractivity contribution < 1.29 is 10.8 Å². The molecule has 4 N–H and O–H groups in total. The van der Waals surface area contributed by atoms with E-state index in [4.69, 9.17) is 0 Å². The van der Waals surface area contributed by atoms with Crippen LogP contribution in [0.4, 0.5) is 0 Å². The van der Waals surface area contributed by atoms with Crippen LogP contribution in [0, 0.1) is 5.41 Å². The summed E-state index contributed by atoms with van der Waals surface area (Å²) >= 11 is 0. The number of hydrogen-bond donors (Lipinski definition) is 2. The van der Waals surface area contributed by atoms with Gasteiger partial charge in [0.1, 0.15) is 12.1 Å². The van der Waals surface area contributed by atoms with Gasteiger partial charge in [-0.25, -0.2) is 0 Å².